The van der Waals surface area contributed by atoms with Gasteiger partial charge in [-0.05, 0) is 31.7 Å². The van der Waals surface area contributed by atoms with Gasteiger partial charge in [-0.3, -0.25) is 0 Å². The average molecular weight is 191 g/mol. The van der Waals surface area contributed by atoms with E-state index in [2.05, 4.69) is 29.6 Å². The topological polar surface area (TPSA) is 21.3 Å². The zero-order chi connectivity index (χ0) is 10.2. The lowest BCUT2D eigenvalue weighted by Crippen LogP contribution is -2.03. The first kappa shape index (κ1) is 10.8. The highest BCUT2D eigenvalue weighted by Gasteiger charge is 1.90. The summed E-state index contributed by atoms with van der Waals surface area (Å²) in [5.41, 5.74) is 1.20. The first-order chi connectivity index (χ1) is 6.86. The second kappa shape index (κ2) is 6.22. The summed E-state index contributed by atoms with van der Waals surface area (Å²) in [5, 5.41) is 3.06. The van der Waals surface area contributed by atoms with Gasteiger partial charge in [0.25, 0.3) is 0 Å². The van der Waals surface area contributed by atoms with Crippen LogP contribution in [0, 0.1) is 0 Å². The van der Waals surface area contributed by atoms with Gasteiger partial charge in [-0.25, -0.2) is 0 Å². The van der Waals surface area contributed by atoms with Crippen molar-refractivity contribution in [2.75, 3.05) is 20.2 Å². The lowest BCUT2D eigenvalue weighted by molar-refractivity contribution is 0.340. The van der Waals surface area contributed by atoms with Gasteiger partial charge in [-0.2, -0.15) is 0 Å². The highest BCUT2D eigenvalue weighted by Crippen LogP contribution is 2.12. The number of hydrogen-bond donors (Lipinski definition) is 1. The highest BCUT2D eigenvalue weighted by atomic mass is 16.5. The molecule has 1 aromatic rings. The van der Waals surface area contributed by atoms with Crippen molar-refractivity contribution >= 4 is 6.08 Å². The van der Waals surface area contributed by atoms with Crippen LogP contribution >= 0.6 is 0 Å². The van der Waals surface area contributed by atoms with Crippen molar-refractivity contribution < 1.29 is 4.74 Å². The quantitative estimate of drug-likeness (QED) is 0.771. The minimum absolute atomic E-state index is 0.717. The van der Waals surface area contributed by atoms with E-state index in [1.165, 1.54) is 5.56 Å². The fourth-order valence-corrected chi connectivity index (χ4v) is 1.15. The molecule has 1 N–H and O–H groups in total. The van der Waals surface area contributed by atoms with Crippen LogP contribution in [0.15, 0.2) is 30.3 Å². The van der Waals surface area contributed by atoms with E-state index in [1.54, 1.807) is 0 Å². The van der Waals surface area contributed by atoms with E-state index in [4.69, 9.17) is 4.74 Å². The molecular formula is C12H17NO. The second-order valence-electron chi connectivity index (χ2n) is 2.96. The van der Waals surface area contributed by atoms with E-state index >= 15 is 0 Å². The van der Waals surface area contributed by atoms with Crippen LogP contribution in [0.4, 0.5) is 0 Å². The summed E-state index contributed by atoms with van der Waals surface area (Å²) in [7, 11) is 1.93. The molecule has 0 aliphatic heterocycles. The van der Waals surface area contributed by atoms with E-state index in [-0.39, 0.29) is 0 Å². The smallest absolute Gasteiger partial charge is 0.119 e. The summed E-state index contributed by atoms with van der Waals surface area (Å²) in [5.74, 6) is 0.929. The van der Waals surface area contributed by atoms with Crippen molar-refractivity contribution in [2.45, 2.75) is 6.92 Å². The molecule has 0 fully saturated rings. The minimum Gasteiger partial charge on any atom is -0.494 e. The van der Waals surface area contributed by atoms with Crippen molar-refractivity contribution in [3.8, 4) is 5.75 Å². The third-order valence-electron chi connectivity index (χ3n) is 1.82. The third-order valence-corrected chi connectivity index (χ3v) is 1.82. The van der Waals surface area contributed by atoms with E-state index in [0.29, 0.717) is 0 Å². The Morgan fingerprint density at radius 2 is 2.00 bits per heavy atom. The number of benzene rings is 1. The molecule has 0 heterocycles. The van der Waals surface area contributed by atoms with E-state index in [9.17, 15) is 0 Å². The van der Waals surface area contributed by atoms with Crippen molar-refractivity contribution in [2.24, 2.45) is 0 Å². The van der Waals surface area contributed by atoms with Gasteiger partial charge in [0.2, 0.25) is 0 Å². The average Bonchev–Trinajstić information content (AvgIpc) is 2.21. The molecule has 14 heavy (non-hydrogen) atoms. The maximum absolute atomic E-state index is 5.35. The van der Waals surface area contributed by atoms with Crippen molar-refractivity contribution in [1.82, 2.24) is 5.32 Å². The van der Waals surface area contributed by atoms with Crippen LogP contribution in [0.3, 0.4) is 0 Å². The largest absolute Gasteiger partial charge is 0.494 e. The second-order valence-corrected chi connectivity index (χ2v) is 2.96. The van der Waals surface area contributed by atoms with Gasteiger partial charge in [0.15, 0.2) is 0 Å². The molecule has 0 bridgehead atoms. The molecule has 76 valence electrons. The molecule has 1 aromatic carbocycles. The molecule has 0 atom stereocenters. The lowest BCUT2D eigenvalue weighted by Gasteiger charge is -2.02. The molecule has 0 spiro atoms. The van der Waals surface area contributed by atoms with E-state index < -0.39 is 0 Å². The van der Waals surface area contributed by atoms with Crippen LogP contribution in [0.5, 0.6) is 5.75 Å². The fraction of sp³-hybridized carbons (Fsp3) is 0.333. The Balaban J connectivity index is 2.54. The highest BCUT2D eigenvalue weighted by molar-refractivity contribution is 5.50. The molecule has 0 radical (unpaired) electrons. The molecule has 2 nitrogen and oxygen atoms in total. The van der Waals surface area contributed by atoms with Crippen LogP contribution < -0.4 is 10.1 Å². The van der Waals surface area contributed by atoms with Crippen LogP contribution in [-0.2, 0) is 0 Å². The number of nitrogens with one attached hydrogen (secondary N) is 1. The number of rotatable bonds is 5. The summed E-state index contributed by atoms with van der Waals surface area (Å²) in [6.45, 7) is 3.60. The Hall–Kier alpha value is -1.28. The van der Waals surface area contributed by atoms with Gasteiger partial charge in [-0.15, -0.1) is 0 Å². The summed E-state index contributed by atoms with van der Waals surface area (Å²) >= 11 is 0. The summed E-state index contributed by atoms with van der Waals surface area (Å²) in [6.07, 6.45) is 4.18. The predicted molar refractivity (Wildman–Crippen MR) is 60.6 cm³/mol. The molecule has 0 aliphatic rings. The fourth-order valence-electron chi connectivity index (χ4n) is 1.15. The summed E-state index contributed by atoms with van der Waals surface area (Å²) in [4.78, 5) is 0. The molecule has 0 aromatic heterocycles. The van der Waals surface area contributed by atoms with Gasteiger partial charge >= 0.3 is 0 Å². The zero-order valence-corrected chi connectivity index (χ0v) is 8.79. The first-order valence-electron chi connectivity index (χ1n) is 4.91. The van der Waals surface area contributed by atoms with Gasteiger partial charge in [0.1, 0.15) is 5.75 Å². The van der Waals surface area contributed by atoms with Crippen molar-refractivity contribution in [1.29, 1.82) is 0 Å². The maximum Gasteiger partial charge on any atom is 0.119 e. The molecule has 2 heteroatoms. The molecular weight excluding hydrogens is 174 g/mol. The molecule has 0 aliphatic carbocycles. The lowest BCUT2D eigenvalue weighted by atomic mass is 10.2. The Labute approximate surface area is 85.6 Å². The molecule has 1 rings (SSSR count). The maximum atomic E-state index is 5.35. The van der Waals surface area contributed by atoms with Gasteiger partial charge in [0.05, 0.1) is 6.61 Å². The van der Waals surface area contributed by atoms with Crippen LogP contribution in [0.25, 0.3) is 6.08 Å². The van der Waals surface area contributed by atoms with Gasteiger partial charge in [-0.1, -0.05) is 24.3 Å². The van der Waals surface area contributed by atoms with Crippen molar-refractivity contribution in [3.05, 3.63) is 35.9 Å². The van der Waals surface area contributed by atoms with E-state index in [1.807, 2.05) is 26.1 Å². The minimum atomic E-state index is 0.717. The number of ether oxygens (including phenoxy) is 1. The molecule has 0 saturated carbocycles. The molecule has 0 saturated heterocycles. The van der Waals surface area contributed by atoms with Crippen LogP contribution in [-0.4, -0.2) is 20.2 Å². The monoisotopic (exact) mass is 191 g/mol. The zero-order valence-electron chi connectivity index (χ0n) is 8.79. The Morgan fingerprint density at radius 3 is 2.57 bits per heavy atom. The Kier molecular flexibility index (Phi) is 4.79. The summed E-state index contributed by atoms with van der Waals surface area (Å²) < 4.78 is 5.35. The predicted octanol–water partition coefficient (Wildman–Crippen LogP) is 2.32. The third kappa shape index (κ3) is 3.62. The first-order valence-corrected chi connectivity index (χ1v) is 4.91. The number of likely N-dealkylation sites (N-methyl/N-ethyl adjacent to an activating group) is 1. The Morgan fingerprint density at radius 1 is 1.29 bits per heavy atom. The van der Waals surface area contributed by atoms with E-state index in [0.717, 1.165) is 18.9 Å². The SMILES string of the molecule is CCOc1ccc(C=CCNC)cc1. The van der Waals surface area contributed by atoms with Gasteiger partial charge in [0, 0.05) is 6.54 Å². The number of hydrogen-bond acceptors (Lipinski definition) is 2. The van der Waals surface area contributed by atoms with Crippen LogP contribution in [0.2, 0.25) is 0 Å². The Bertz CT molecular complexity index is 277. The normalized spacial score (nSPS) is 10.7. The van der Waals surface area contributed by atoms with Gasteiger partial charge < -0.3 is 10.1 Å². The standard InChI is InChI=1S/C12H17NO/c1-3-14-12-8-6-11(7-9-12)5-4-10-13-2/h4-9,13H,3,10H2,1-2H3. The summed E-state index contributed by atoms with van der Waals surface area (Å²) in [6, 6.07) is 8.08. The van der Waals surface area contributed by atoms with Crippen molar-refractivity contribution in [3.63, 3.8) is 0 Å². The molecule has 0 amide bonds. The molecule has 0 unspecified atom stereocenters. The van der Waals surface area contributed by atoms with Crippen LogP contribution in [0.1, 0.15) is 12.5 Å².